The van der Waals surface area contributed by atoms with Crippen LogP contribution in [0, 0.1) is 0 Å². The number of carbonyl (C=O) groups is 2. The van der Waals surface area contributed by atoms with Crippen LogP contribution in [-0.2, 0) is 4.74 Å². The molecule has 0 unspecified atom stereocenters. The summed E-state index contributed by atoms with van der Waals surface area (Å²) < 4.78 is 16.2. The van der Waals surface area contributed by atoms with Crippen LogP contribution in [0.4, 0.5) is 0 Å². The fourth-order valence-corrected chi connectivity index (χ4v) is 3.00. The SMILES string of the molecule is COc1ccccc1C(=O)COC(=O)c1ccccc1-c1nc2ccccc2o1. The first kappa shape index (κ1) is 18.4. The maximum Gasteiger partial charge on any atom is 0.339 e. The lowest BCUT2D eigenvalue weighted by molar-refractivity contribution is 0.0474. The average Bonchev–Trinajstić information content (AvgIpc) is 3.21. The van der Waals surface area contributed by atoms with Crippen LogP contribution in [0.15, 0.2) is 77.2 Å². The number of para-hydroxylation sites is 3. The molecule has 0 fully saturated rings. The third kappa shape index (κ3) is 3.73. The molecular formula is C23H17NO5. The van der Waals surface area contributed by atoms with E-state index in [9.17, 15) is 9.59 Å². The number of carbonyl (C=O) groups excluding carboxylic acids is 2. The smallest absolute Gasteiger partial charge is 0.339 e. The molecule has 0 N–H and O–H groups in total. The minimum Gasteiger partial charge on any atom is -0.496 e. The summed E-state index contributed by atoms with van der Waals surface area (Å²) in [6.45, 7) is -0.402. The molecule has 0 saturated heterocycles. The second kappa shape index (κ2) is 7.98. The number of nitrogens with zero attached hydrogens (tertiary/aromatic N) is 1. The maximum absolute atomic E-state index is 12.7. The Morgan fingerprint density at radius 3 is 2.38 bits per heavy atom. The van der Waals surface area contributed by atoms with Crippen molar-refractivity contribution in [3.63, 3.8) is 0 Å². The van der Waals surface area contributed by atoms with Gasteiger partial charge in [0.05, 0.1) is 23.8 Å². The molecule has 0 aliphatic rings. The topological polar surface area (TPSA) is 78.6 Å². The number of hydrogen-bond donors (Lipinski definition) is 0. The van der Waals surface area contributed by atoms with Crippen molar-refractivity contribution in [1.82, 2.24) is 4.98 Å². The van der Waals surface area contributed by atoms with Gasteiger partial charge in [-0.25, -0.2) is 9.78 Å². The number of ether oxygens (including phenoxy) is 2. The van der Waals surface area contributed by atoms with Gasteiger partial charge in [-0.15, -0.1) is 0 Å². The van der Waals surface area contributed by atoms with Gasteiger partial charge in [0, 0.05) is 0 Å². The Morgan fingerprint density at radius 2 is 1.59 bits per heavy atom. The molecule has 0 aliphatic heterocycles. The molecule has 0 amide bonds. The summed E-state index contributed by atoms with van der Waals surface area (Å²) in [4.78, 5) is 29.5. The van der Waals surface area contributed by atoms with Crippen molar-refractivity contribution in [3.8, 4) is 17.2 Å². The molecule has 0 aliphatic carbocycles. The Kier molecular flexibility index (Phi) is 5.07. The normalized spacial score (nSPS) is 10.7. The van der Waals surface area contributed by atoms with E-state index in [-0.39, 0.29) is 11.3 Å². The summed E-state index contributed by atoms with van der Waals surface area (Å²) in [5, 5.41) is 0. The van der Waals surface area contributed by atoms with E-state index in [1.807, 2.05) is 18.2 Å². The fourth-order valence-electron chi connectivity index (χ4n) is 3.00. The van der Waals surface area contributed by atoms with Gasteiger partial charge in [-0.2, -0.15) is 0 Å². The summed E-state index contributed by atoms with van der Waals surface area (Å²) in [6.07, 6.45) is 0. The number of aromatic nitrogens is 1. The molecule has 144 valence electrons. The lowest BCUT2D eigenvalue weighted by atomic mass is 10.1. The van der Waals surface area contributed by atoms with E-state index in [2.05, 4.69) is 4.98 Å². The van der Waals surface area contributed by atoms with E-state index in [0.717, 1.165) is 0 Å². The molecule has 0 atom stereocenters. The van der Waals surface area contributed by atoms with Crippen molar-refractivity contribution in [2.75, 3.05) is 13.7 Å². The van der Waals surface area contributed by atoms with Gasteiger partial charge in [0.1, 0.15) is 11.3 Å². The molecule has 0 spiro atoms. The number of ketones is 1. The van der Waals surface area contributed by atoms with Gasteiger partial charge in [0.15, 0.2) is 12.2 Å². The van der Waals surface area contributed by atoms with Gasteiger partial charge in [-0.1, -0.05) is 36.4 Å². The predicted molar refractivity (Wildman–Crippen MR) is 107 cm³/mol. The summed E-state index contributed by atoms with van der Waals surface area (Å²) in [7, 11) is 1.48. The van der Waals surface area contributed by atoms with Crippen LogP contribution in [-0.4, -0.2) is 30.5 Å². The molecule has 4 rings (SSSR count). The summed E-state index contributed by atoms with van der Waals surface area (Å²) in [5.41, 5.74) is 2.44. The van der Waals surface area contributed by atoms with Crippen LogP contribution in [0.25, 0.3) is 22.6 Å². The van der Waals surface area contributed by atoms with Gasteiger partial charge in [0.2, 0.25) is 11.7 Å². The number of benzene rings is 3. The molecule has 3 aromatic carbocycles. The molecule has 1 heterocycles. The van der Waals surface area contributed by atoms with Gasteiger partial charge in [-0.3, -0.25) is 4.79 Å². The predicted octanol–water partition coefficient (Wildman–Crippen LogP) is 4.54. The van der Waals surface area contributed by atoms with Crippen LogP contribution < -0.4 is 4.74 Å². The quantitative estimate of drug-likeness (QED) is 0.357. The van der Waals surface area contributed by atoms with Crippen molar-refractivity contribution in [1.29, 1.82) is 0 Å². The van der Waals surface area contributed by atoms with Gasteiger partial charge < -0.3 is 13.9 Å². The molecule has 6 nitrogen and oxygen atoms in total. The Bertz CT molecular complexity index is 1160. The van der Waals surface area contributed by atoms with E-state index >= 15 is 0 Å². The molecule has 1 aromatic heterocycles. The number of Topliss-reactive ketones (excluding diaryl/α,β-unsaturated/α-hetero) is 1. The summed E-state index contributed by atoms with van der Waals surface area (Å²) >= 11 is 0. The highest BCUT2D eigenvalue weighted by molar-refractivity contribution is 6.02. The van der Waals surface area contributed by atoms with Crippen molar-refractivity contribution in [3.05, 3.63) is 83.9 Å². The number of fused-ring (bicyclic) bond motifs is 1. The zero-order valence-corrected chi connectivity index (χ0v) is 15.6. The first-order chi connectivity index (χ1) is 14.2. The second-order valence-electron chi connectivity index (χ2n) is 6.23. The van der Waals surface area contributed by atoms with Gasteiger partial charge >= 0.3 is 5.97 Å². The zero-order valence-electron chi connectivity index (χ0n) is 15.6. The van der Waals surface area contributed by atoms with Crippen LogP contribution in [0.3, 0.4) is 0 Å². The van der Waals surface area contributed by atoms with Crippen molar-refractivity contribution in [2.24, 2.45) is 0 Å². The number of methoxy groups -OCH3 is 1. The molecule has 0 saturated carbocycles. The highest BCUT2D eigenvalue weighted by atomic mass is 16.5. The van der Waals surface area contributed by atoms with E-state index < -0.39 is 12.6 Å². The Morgan fingerprint density at radius 1 is 0.897 bits per heavy atom. The van der Waals surface area contributed by atoms with Crippen molar-refractivity contribution in [2.45, 2.75) is 0 Å². The molecule has 0 bridgehead atoms. The number of rotatable bonds is 6. The molecular weight excluding hydrogens is 370 g/mol. The van der Waals surface area contributed by atoms with E-state index in [1.165, 1.54) is 7.11 Å². The van der Waals surface area contributed by atoms with Crippen molar-refractivity contribution < 1.29 is 23.5 Å². The molecule has 4 aromatic rings. The minimum absolute atomic E-state index is 0.270. The largest absolute Gasteiger partial charge is 0.496 e. The van der Waals surface area contributed by atoms with Crippen molar-refractivity contribution >= 4 is 22.9 Å². The standard InChI is InChI=1S/C23H17NO5/c1-27-20-12-6-4-10-17(20)19(25)14-28-23(26)16-9-3-2-8-15(16)22-24-18-11-5-7-13-21(18)29-22/h2-13H,14H2,1H3. The van der Waals surface area contributed by atoms with E-state index in [4.69, 9.17) is 13.9 Å². The third-order valence-electron chi connectivity index (χ3n) is 4.41. The highest BCUT2D eigenvalue weighted by Crippen LogP contribution is 2.27. The minimum atomic E-state index is -0.633. The lowest BCUT2D eigenvalue weighted by Gasteiger charge is -2.09. The third-order valence-corrected chi connectivity index (χ3v) is 4.41. The molecule has 0 radical (unpaired) electrons. The monoisotopic (exact) mass is 387 g/mol. The van der Waals surface area contributed by atoms with Gasteiger partial charge in [0.25, 0.3) is 0 Å². The number of esters is 1. The molecule has 29 heavy (non-hydrogen) atoms. The zero-order chi connectivity index (χ0) is 20.2. The van der Waals surface area contributed by atoms with Crippen LogP contribution in [0.2, 0.25) is 0 Å². The Labute approximate surface area is 166 Å². The number of hydrogen-bond acceptors (Lipinski definition) is 6. The second-order valence-corrected chi connectivity index (χ2v) is 6.23. The van der Waals surface area contributed by atoms with Crippen LogP contribution >= 0.6 is 0 Å². The Hall–Kier alpha value is -3.93. The molecule has 6 heteroatoms. The summed E-state index contributed by atoms with van der Waals surface area (Å²) in [6, 6.07) is 21.0. The lowest BCUT2D eigenvalue weighted by Crippen LogP contribution is -2.15. The van der Waals surface area contributed by atoms with E-state index in [1.54, 1.807) is 54.6 Å². The van der Waals surface area contributed by atoms with Gasteiger partial charge in [-0.05, 0) is 36.4 Å². The Balaban J connectivity index is 1.56. The maximum atomic E-state index is 12.7. The first-order valence-electron chi connectivity index (χ1n) is 8.95. The highest BCUT2D eigenvalue weighted by Gasteiger charge is 2.20. The average molecular weight is 387 g/mol. The fraction of sp³-hybridized carbons (Fsp3) is 0.0870. The van der Waals surface area contributed by atoms with E-state index in [0.29, 0.717) is 33.9 Å². The van der Waals surface area contributed by atoms with Crippen LogP contribution in [0.1, 0.15) is 20.7 Å². The van der Waals surface area contributed by atoms with Crippen LogP contribution in [0.5, 0.6) is 5.75 Å². The first-order valence-corrected chi connectivity index (χ1v) is 8.95. The number of oxazole rings is 1. The summed E-state index contributed by atoms with van der Waals surface area (Å²) in [5.74, 6) is -0.239.